The highest BCUT2D eigenvalue weighted by Crippen LogP contribution is 2.28. The Morgan fingerprint density at radius 3 is 2.57 bits per heavy atom. The van der Waals surface area contributed by atoms with E-state index in [9.17, 15) is 0 Å². The van der Waals surface area contributed by atoms with Crippen LogP contribution in [0.5, 0.6) is 0 Å². The third-order valence-electron chi connectivity index (χ3n) is 2.10. The van der Waals surface area contributed by atoms with Crippen molar-refractivity contribution >= 4 is 17.2 Å². The fraction of sp³-hybridized carbons (Fsp3) is 0.182. The van der Waals surface area contributed by atoms with Crippen molar-refractivity contribution in [2.45, 2.75) is 0 Å². The lowest BCUT2D eigenvalue weighted by Gasteiger charge is -2.15. The molecule has 1 aromatic heterocycles. The van der Waals surface area contributed by atoms with Crippen LogP contribution in [0, 0.1) is 0 Å². The molecule has 0 aliphatic rings. The number of anilines is 1. The number of hydrogen-bond donors (Lipinski definition) is 0. The van der Waals surface area contributed by atoms with Crippen molar-refractivity contribution in [2.24, 2.45) is 0 Å². The van der Waals surface area contributed by atoms with Crippen molar-refractivity contribution in [1.82, 2.24) is 4.37 Å². The van der Waals surface area contributed by atoms with Gasteiger partial charge >= 0.3 is 0 Å². The molecule has 0 N–H and O–H groups in total. The zero-order valence-corrected chi connectivity index (χ0v) is 9.08. The standard InChI is InChI=1S/C11H12N2S/c1-13(2)11-6-4-3-5-9(11)10-7-8-14-12-10/h3-8H,1-2H3. The molecule has 0 unspecified atom stereocenters. The maximum absolute atomic E-state index is 4.34. The van der Waals surface area contributed by atoms with E-state index < -0.39 is 0 Å². The quantitative estimate of drug-likeness (QED) is 0.747. The maximum Gasteiger partial charge on any atom is 0.0861 e. The summed E-state index contributed by atoms with van der Waals surface area (Å²) < 4.78 is 4.34. The summed E-state index contributed by atoms with van der Waals surface area (Å²) in [6, 6.07) is 10.3. The molecule has 0 saturated carbocycles. The molecule has 0 saturated heterocycles. The molecule has 2 rings (SSSR count). The lowest BCUT2D eigenvalue weighted by atomic mass is 10.1. The van der Waals surface area contributed by atoms with Crippen molar-refractivity contribution in [1.29, 1.82) is 0 Å². The maximum atomic E-state index is 4.34. The molecule has 0 amide bonds. The lowest BCUT2D eigenvalue weighted by molar-refractivity contribution is 1.13. The first-order valence-corrected chi connectivity index (χ1v) is 5.30. The lowest BCUT2D eigenvalue weighted by Crippen LogP contribution is -2.09. The predicted molar refractivity (Wildman–Crippen MR) is 61.9 cm³/mol. The van der Waals surface area contributed by atoms with Gasteiger partial charge in [0.05, 0.1) is 5.69 Å². The first kappa shape index (κ1) is 9.21. The van der Waals surface area contributed by atoms with Crippen molar-refractivity contribution in [3.8, 4) is 11.3 Å². The third-order valence-corrected chi connectivity index (χ3v) is 2.66. The topological polar surface area (TPSA) is 16.1 Å². The molecule has 0 spiro atoms. The van der Waals surface area contributed by atoms with Crippen LogP contribution in [0.25, 0.3) is 11.3 Å². The largest absolute Gasteiger partial charge is 0.377 e. The van der Waals surface area contributed by atoms with Gasteiger partial charge in [0.15, 0.2) is 0 Å². The monoisotopic (exact) mass is 204 g/mol. The Kier molecular flexibility index (Phi) is 2.50. The zero-order chi connectivity index (χ0) is 9.97. The minimum atomic E-state index is 1.05. The van der Waals surface area contributed by atoms with Gasteiger partial charge in [-0.2, -0.15) is 4.37 Å². The van der Waals surface area contributed by atoms with Gasteiger partial charge in [-0.3, -0.25) is 0 Å². The molecule has 2 nitrogen and oxygen atoms in total. The zero-order valence-electron chi connectivity index (χ0n) is 8.27. The average molecular weight is 204 g/mol. The molecule has 0 aliphatic carbocycles. The Hall–Kier alpha value is -1.35. The molecular weight excluding hydrogens is 192 g/mol. The van der Waals surface area contributed by atoms with Gasteiger partial charge in [-0.05, 0) is 23.7 Å². The Balaban J connectivity index is 2.53. The van der Waals surface area contributed by atoms with Gasteiger partial charge in [-0.25, -0.2) is 0 Å². The van der Waals surface area contributed by atoms with E-state index in [1.54, 1.807) is 0 Å². The van der Waals surface area contributed by atoms with Gasteiger partial charge in [0.2, 0.25) is 0 Å². The molecule has 1 aromatic carbocycles. The molecule has 0 fully saturated rings. The van der Waals surface area contributed by atoms with Gasteiger partial charge in [-0.15, -0.1) is 0 Å². The second kappa shape index (κ2) is 3.80. The molecule has 0 radical (unpaired) electrons. The number of aromatic nitrogens is 1. The normalized spacial score (nSPS) is 10.1. The molecule has 2 aromatic rings. The molecule has 3 heteroatoms. The first-order valence-electron chi connectivity index (χ1n) is 4.46. The number of hydrogen-bond acceptors (Lipinski definition) is 3. The summed E-state index contributed by atoms with van der Waals surface area (Å²) in [5.74, 6) is 0. The molecular formula is C11H12N2S. The summed E-state index contributed by atoms with van der Waals surface area (Å²) in [5.41, 5.74) is 3.46. The van der Waals surface area contributed by atoms with Gasteiger partial charge in [-0.1, -0.05) is 18.2 Å². The summed E-state index contributed by atoms with van der Waals surface area (Å²) >= 11 is 1.49. The molecule has 0 aliphatic heterocycles. The van der Waals surface area contributed by atoms with E-state index in [4.69, 9.17) is 0 Å². The first-order chi connectivity index (χ1) is 6.79. The van der Waals surface area contributed by atoms with Crippen LogP contribution in [0.15, 0.2) is 35.7 Å². The van der Waals surface area contributed by atoms with Crippen molar-refractivity contribution in [3.63, 3.8) is 0 Å². The molecule has 0 atom stereocenters. The van der Waals surface area contributed by atoms with E-state index in [-0.39, 0.29) is 0 Å². The number of nitrogens with zero attached hydrogens (tertiary/aromatic N) is 2. The summed E-state index contributed by atoms with van der Waals surface area (Å²) in [6.45, 7) is 0. The van der Waals surface area contributed by atoms with Crippen LogP contribution < -0.4 is 4.90 Å². The summed E-state index contributed by atoms with van der Waals surface area (Å²) in [4.78, 5) is 2.11. The van der Waals surface area contributed by atoms with Crippen LogP contribution in [0.4, 0.5) is 5.69 Å². The average Bonchev–Trinajstić information content (AvgIpc) is 2.70. The number of rotatable bonds is 2. The van der Waals surface area contributed by atoms with Gasteiger partial charge < -0.3 is 4.90 Å². The Morgan fingerprint density at radius 2 is 1.93 bits per heavy atom. The molecule has 72 valence electrons. The van der Waals surface area contributed by atoms with E-state index in [1.165, 1.54) is 22.8 Å². The Labute approximate surface area is 88.0 Å². The second-order valence-electron chi connectivity index (χ2n) is 3.30. The summed E-state index contributed by atoms with van der Waals surface area (Å²) in [5, 5.41) is 2.00. The number of para-hydroxylation sites is 1. The van der Waals surface area contributed by atoms with E-state index in [0.29, 0.717) is 0 Å². The molecule has 0 bridgehead atoms. The highest BCUT2D eigenvalue weighted by atomic mass is 32.1. The van der Waals surface area contributed by atoms with Crippen LogP contribution in [-0.2, 0) is 0 Å². The fourth-order valence-corrected chi connectivity index (χ4v) is 1.96. The summed E-state index contributed by atoms with van der Waals surface area (Å²) in [6.07, 6.45) is 0. The second-order valence-corrected chi connectivity index (χ2v) is 3.96. The van der Waals surface area contributed by atoms with E-state index in [2.05, 4.69) is 21.4 Å². The van der Waals surface area contributed by atoms with Gasteiger partial charge in [0.25, 0.3) is 0 Å². The molecule has 14 heavy (non-hydrogen) atoms. The highest BCUT2D eigenvalue weighted by molar-refractivity contribution is 7.03. The Morgan fingerprint density at radius 1 is 1.14 bits per heavy atom. The van der Waals surface area contributed by atoms with Crippen LogP contribution in [0.2, 0.25) is 0 Å². The van der Waals surface area contributed by atoms with Crippen molar-refractivity contribution < 1.29 is 0 Å². The summed E-state index contributed by atoms with van der Waals surface area (Å²) in [7, 11) is 4.09. The van der Waals surface area contributed by atoms with Crippen LogP contribution >= 0.6 is 11.5 Å². The fourth-order valence-electron chi connectivity index (χ4n) is 1.43. The smallest absolute Gasteiger partial charge is 0.0861 e. The van der Waals surface area contributed by atoms with E-state index in [1.807, 2.05) is 37.7 Å². The molecule has 1 heterocycles. The van der Waals surface area contributed by atoms with E-state index in [0.717, 1.165) is 5.69 Å². The Bertz CT molecular complexity index is 407. The van der Waals surface area contributed by atoms with Crippen molar-refractivity contribution in [2.75, 3.05) is 19.0 Å². The van der Waals surface area contributed by atoms with Crippen LogP contribution in [0.3, 0.4) is 0 Å². The highest BCUT2D eigenvalue weighted by Gasteiger charge is 2.06. The SMILES string of the molecule is CN(C)c1ccccc1-c1ccsn1. The van der Waals surface area contributed by atoms with Gasteiger partial charge in [0, 0.05) is 30.7 Å². The van der Waals surface area contributed by atoms with Crippen LogP contribution in [-0.4, -0.2) is 18.5 Å². The minimum absolute atomic E-state index is 1.05. The number of benzene rings is 1. The predicted octanol–water partition coefficient (Wildman–Crippen LogP) is 2.88. The van der Waals surface area contributed by atoms with Gasteiger partial charge in [0.1, 0.15) is 0 Å². The minimum Gasteiger partial charge on any atom is -0.377 e. The third kappa shape index (κ3) is 1.63. The van der Waals surface area contributed by atoms with Crippen LogP contribution in [0.1, 0.15) is 0 Å². The van der Waals surface area contributed by atoms with E-state index >= 15 is 0 Å². The van der Waals surface area contributed by atoms with Crippen molar-refractivity contribution in [3.05, 3.63) is 35.7 Å².